The second-order valence-electron chi connectivity index (χ2n) is 7.91. The first-order valence-electron chi connectivity index (χ1n) is 8.45. The molecule has 2 heteroatoms. The molecule has 23 heavy (non-hydrogen) atoms. The highest BCUT2D eigenvalue weighted by atomic mass is 15.2. The molecule has 0 radical (unpaired) electrons. The van der Waals surface area contributed by atoms with Gasteiger partial charge in [0.2, 0.25) is 0 Å². The van der Waals surface area contributed by atoms with Crippen LogP contribution in [0.25, 0.3) is 22.4 Å². The third-order valence-corrected chi connectivity index (χ3v) is 5.18. The molecule has 0 fully saturated rings. The van der Waals surface area contributed by atoms with Crippen molar-refractivity contribution in [1.29, 1.82) is 0 Å². The Balaban J connectivity index is 2.09. The first-order chi connectivity index (χ1) is 10.9. The van der Waals surface area contributed by atoms with Crippen molar-refractivity contribution in [2.45, 2.75) is 40.7 Å². The van der Waals surface area contributed by atoms with E-state index in [0.29, 0.717) is 5.41 Å². The molecule has 0 saturated carbocycles. The summed E-state index contributed by atoms with van der Waals surface area (Å²) < 4.78 is 4.92. The van der Waals surface area contributed by atoms with Gasteiger partial charge in [-0.15, -0.1) is 0 Å². The van der Waals surface area contributed by atoms with Gasteiger partial charge in [0.1, 0.15) is 0 Å². The molecule has 0 unspecified atom stereocenters. The Morgan fingerprint density at radius 1 is 1.09 bits per heavy atom. The largest absolute Gasteiger partial charge is 0.289 e. The molecule has 0 amide bonds. The van der Waals surface area contributed by atoms with Gasteiger partial charge in [-0.1, -0.05) is 43.7 Å². The molecule has 3 aromatic rings. The maximum Gasteiger partial charge on any atom is 0.289 e. The molecule has 1 aliphatic heterocycles. The summed E-state index contributed by atoms with van der Waals surface area (Å²) >= 11 is 0. The van der Waals surface area contributed by atoms with Gasteiger partial charge in [0.15, 0.2) is 11.0 Å². The molecule has 4 rings (SSSR count). The number of rotatable bonds is 1. The van der Waals surface area contributed by atoms with Crippen LogP contribution in [0.1, 0.15) is 30.5 Å². The molecule has 2 aromatic carbocycles. The van der Waals surface area contributed by atoms with Crippen LogP contribution in [-0.2, 0) is 20.0 Å². The van der Waals surface area contributed by atoms with E-state index in [2.05, 4.69) is 80.3 Å². The first-order valence-corrected chi connectivity index (χ1v) is 8.45. The van der Waals surface area contributed by atoms with Gasteiger partial charge in [-0.3, -0.25) is 0 Å². The van der Waals surface area contributed by atoms with E-state index in [4.69, 9.17) is 0 Å². The van der Waals surface area contributed by atoms with E-state index in [-0.39, 0.29) is 0 Å². The van der Waals surface area contributed by atoms with Crippen LogP contribution in [0.4, 0.5) is 0 Å². The number of imidazole rings is 1. The molecule has 1 aliphatic rings. The van der Waals surface area contributed by atoms with Crippen LogP contribution in [0.15, 0.2) is 36.4 Å². The van der Waals surface area contributed by atoms with Crippen molar-refractivity contribution in [3.8, 4) is 11.4 Å². The van der Waals surface area contributed by atoms with E-state index in [1.165, 1.54) is 39.1 Å². The van der Waals surface area contributed by atoms with Gasteiger partial charge in [0, 0.05) is 11.0 Å². The minimum absolute atomic E-state index is 0.292. The zero-order chi connectivity index (χ0) is 16.4. The van der Waals surface area contributed by atoms with Gasteiger partial charge in [-0.25, -0.2) is 9.13 Å². The summed E-state index contributed by atoms with van der Waals surface area (Å²) in [4.78, 5) is 0. The van der Waals surface area contributed by atoms with Crippen molar-refractivity contribution in [2.24, 2.45) is 12.5 Å². The Morgan fingerprint density at radius 3 is 2.61 bits per heavy atom. The van der Waals surface area contributed by atoms with Crippen LogP contribution < -0.4 is 4.57 Å². The molecule has 0 saturated heterocycles. The quantitative estimate of drug-likeness (QED) is 0.592. The normalized spacial score (nSPS) is 16.0. The number of hydrogen-bond donors (Lipinski definition) is 0. The van der Waals surface area contributed by atoms with Crippen LogP contribution in [0.3, 0.4) is 0 Å². The lowest BCUT2D eigenvalue weighted by atomic mass is 9.82. The predicted octanol–water partition coefficient (Wildman–Crippen LogP) is 4.33. The number of para-hydroxylation sites is 1. The number of hydrogen-bond acceptors (Lipinski definition) is 0. The molecule has 0 N–H and O–H groups in total. The molecule has 2 heterocycles. The summed E-state index contributed by atoms with van der Waals surface area (Å²) in [6.45, 7) is 10.2. The first kappa shape index (κ1) is 14.5. The van der Waals surface area contributed by atoms with Crippen LogP contribution >= 0.6 is 0 Å². The molecule has 0 bridgehead atoms. The second-order valence-corrected chi connectivity index (χ2v) is 7.91. The number of aryl methyl sites for hydroxylation is 3. The minimum atomic E-state index is 0.292. The maximum absolute atomic E-state index is 2.55. The second kappa shape index (κ2) is 4.70. The monoisotopic (exact) mass is 305 g/mol. The highest BCUT2D eigenvalue weighted by molar-refractivity contribution is 5.80. The van der Waals surface area contributed by atoms with Gasteiger partial charge in [0.05, 0.1) is 19.2 Å². The van der Waals surface area contributed by atoms with Crippen LogP contribution in [0.2, 0.25) is 0 Å². The van der Waals surface area contributed by atoms with Crippen molar-refractivity contribution in [2.75, 3.05) is 0 Å². The van der Waals surface area contributed by atoms with Crippen LogP contribution in [0.5, 0.6) is 0 Å². The lowest BCUT2D eigenvalue weighted by molar-refractivity contribution is -0.677. The van der Waals surface area contributed by atoms with E-state index in [0.717, 1.165) is 13.0 Å². The Bertz CT molecular complexity index is 929. The van der Waals surface area contributed by atoms with Crippen molar-refractivity contribution in [1.82, 2.24) is 4.57 Å². The highest BCUT2D eigenvalue weighted by Crippen LogP contribution is 2.34. The lowest BCUT2D eigenvalue weighted by Gasteiger charge is -2.27. The molecule has 0 aliphatic carbocycles. The van der Waals surface area contributed by atoms with Crippen molar-refractivity contribution in [3.63, 3.8) is 0 Å². The van der Waals surface area contributed by atoms with Crippen molar-refractivity contribution < 1.29 is 4.57 Å². The Morgan fingerprint density at radius 2 is 1.87 bits per heavy atom. The number of aromatic nitrogens is 2. The molecule has 1 aromatic heterocycles. The smallest absolute Gasteiger partial charge is 0.226 e. The zero-order valence-corrected chi connectivity index (χ0v) is 14.8. The SMILES string of the molecule is Cc1ccc(-c2n(C)c3cccc4c3[n+]2CC(C)(C)C4)c(C)c1. The Labute approximate surface area is 138 Å². The van der Waals surface area contributed by atoms with E-state index in [9.17, 15) is 0 Å². The number of nitrogens with zero attached hydrogens (tertiary/aromatic N) is 2. The Hall–Kier alpha value is -2.09. The number of benzene rings is 2. The third kappa shape index (κ3) is 2.12. The van der Waals surface area contributed by atoms with E-state index in [1.54, 1.807) is 0 Å². The maximum atomic E-state index is 2.55. The van der Waals surface area contributed by atoms with Crippen LogP contribution in [-0.4, -0.2) is 4.57 Å². The average Bonchev–Trinajstić information content (AvgIpc) is 2.73. The van der Waals surface area contributed by atoms with Gasteiger partial charge in [-0.2, -0.15) is 0 Å². The van der Waals surface area contributed by atoms with Gasteiger partial charge in [0.25, 0.3) is 5.82 Å². The standard InChI is InChI=1S/C21H25N2/c1-14-9-10-17(15(2)11-14)20-22(5)18-8-6-7-16-12-21(3,4)13-23(20)19(16)18/h6-11H,12-13H2,1-5H3/q+1. The van der Waals surface area contributed by atoms with Crippen molar-refractivity contribution >= 4 is 11.0 Å². The summed E-state index contributed by atoms with van der Waals surface area (Å²) in [6, 6.07) is 13.5. The molecule has 2 nitrogen and oxygen atoms in total. The summed E-state index contributed by atoms with van der Waals surface area (Å²) in [5.74, 6) is 1.33. The molecular formula is C21H25N2+. The predicted molar refractivity (Wildman–Crippen MR) is 95.5 cm³/mol. The summed E-state index contributed by atoms with van der Waals surface area (Å²) in [6.07, 6.45) is 1.15. The van der Waals surface area contributed by atoms with Gasteiger partial charge in [-0.05, 0) is 38.0 Å². The van der Waals surface area contributed by atoms with Crippen molar-refractivity contribution in [3.05, 3.63) is 53.1 Å². The fraction of sp³-hybridized carbons (Fsp3) is 0.381. The molecule has 0 spiro atoms. The fourth-order valence-electron chi connectivity index (χ4n) is 4.25. The summed E-state index contributed by atoms with van der Waals surface area (Å²) in [7, 11) is 2.20. The van der Waals surface area contributed by atoms with E-state index >= 15 is 0 Å². The van der Waals surface area contributed by atoms with Gasteiger partial charge < -0.3 is 0 Å². The summed E-state index contributed by atoms with van der Waals surface area (Å²) in [5, 5.41) is 0. The minimum Gasteiger partial charge on any atom is -0.226 e. The van der Waals surface area contributed by atoms with E-state index in [1.807, 2.05) is 0 Å². The van der Waals surface area contributed by atoms with Gasteiger partial charge >= 0.3 is 0 Å². The van der Waals surface area contributed by atoms with Crippen LogP contribution in [0, 0.1) is 19.3 Å². The fourth-order valence-corrected chi connectivity index (χ4v) is 4.25. The average molecular weight is 305 g/mol. The zero-order valence-electron chi connectivity index (χ0n) is 14.8. The summed E-state index contributed by atoms with van der Waals surface area (Å²) in [5.41, 5.74) is 8.55. The Kier molecular flexibility index (Phi) is 2.96. The lowest BCUT2D eigenvalue weighted by Crippen LogP contribution is -2.47. The topological polar surface area (TPSA) is 8.81 Å². The molecule has 0 atom stereocenters. The molecular weight excluding hydrogens is 280 g/mol. The molecule has 118 valence electrons. The highest BCUT2D eigenvalue weighted by Gasteiger charge is 2.36. The third-order valence-electron chi connectivity index (χ3n) is 5.18. The van der Waals surface area contributed by atoms with E-state index < -0.39 is 0 Å².